The number of hydrogen-bond acceptors (Lipinski definition) is 4. The van der Waals surface area contributed by atoms with Gasteiger partial charge in [0.1, 0.15) is 0 Å². The predicted molar refractivity (Wildman–Crippen MR) is 31.8 cm³/mol. The van der Waals surface area contributed by atoms with E-state index >= 15 is 0 Å². The summed E-state index contributed by atoms with van der Waals surface area (Å²) in [5.41, 5.74) is 0. The van der Waals surface area contributed by atoms with Gasteiger partial charge in [-0.25, -0.2) is 0 Å². The number of rotatable bonds is 2. The molecule has 0 aliphatic carbocycles. The van der Waals surface area contributed by atoms with Crippen LogP contribution in [0.5, 0.6) is 0 Å². The Labute approximate surface area is 54.5 Å². The molecule has 0 amide bonds. The molecule has 0 aromatic heterocycles. The molecule has 0 fully saturated rings. The van der Waals surface area contributed by atoms with E-state index in [0.717, 1.165) is 0 Å². The van der Waals surface area contributed by atoms with Crippen LogP contribution in [0.3, 0.4) is 0 Å². The lowest BCUT2D eigenvalue weighted by atomic mass is 10.9. The highest BCUT2D eigenvalue weighted by molar-refractivity contribution is 7.27. The van der Waals surface area contributed by atoms with Crippen molar-refractivity contribution in [2.45, 2.75) is 13.8 Å². The van der Waals surface area contributed by atoms with Gasteiger partial charge in [-0.05, 0) is 0 Å². The van der Waals surface area contributed by atoms with Gasteiger partial charge in [-0.2, -0.15) is 0 Å². The van der Waals surface area contributed by atoms with Gasteiger partial charge < -0.3 is 9.05 Å². The van der Waals surface area contributed by atoms with Gasteiger partial charge in [-0.3, -0.25) is 9.59 Å². The van der Waals surface area contributed by atoms with Crippen molar-refractivity contribution < 1.29 is 18.6 Å². The van der Waals surface area contributed by atoms with Gasteiger partial charge in [0.2, 0.25) is 0 Å². The molecule has 0 aromatic rings. The van der Waals surface area contributed by atoms with E-state index in [0.29, 0.717) is 0 Å². The second-order valence-electron chi connectivity index (χ2n) is 1.27. The molecule has 52 valence electrons. The lowest BCUT2D eigenvalue weighted by Gasteiger charge is -1.97. The van der Waals surface area contributed by atoms with Crippen molar-refractivity contribution in [3.8, 4) is 0 Å². The Bertz CT molecular complexity index is 108. The molecular formula is C4H7O4P. The van der Waals surface area contributed by atoms with Crippen molar-refractivity contribution in [1.29, 1.82) is 0 Å². The Balaban J connectivity index is 3.10. The summed E-state index contributed by atoms with van der Waals surface area (Å²) in [6.45, 7) is 2.49. The average Bonchev–Trinajstić information content (AvgIpc) is 1.63. The summed E-state index contributed by atoms with van der Waals surface area (Å²) in [4.78, 5) is 20.0. The Morgan fingerprint density at radius 2 is 1.44 bits per heavy atom. The molecule has 0 radical (unpaired) electrons. The van der Waals surface area contributed by atoms with E-state index in [1.807, 2.05) is 0 Å². The minimum absolute atomic E-state index is 0.449. The normalized spacial score (nSPS) is 8.22. The highest BCUT2D eigenvalue weighted by Crippen LogP contribution is 2.12. The number of carbonyl (C=O) groups excluding carboxylic acids is 2. The van der Waals surface area contributed by atoms with Crippen LogP contribution in [-0.4, -0.2) is 11.9 Å². The summed E-state index contributed by atoms with van der Waals surface area (Å²) < 4.78 is 8.60. The molecule has 5 heteroatoms. The smallest absolute Gasteiger partial charge is 0.307 e. The fraction of sp³-hybridized carbons (Fsp3) is 0.500. The van der Waals surface area contributed by atoms with Gasteiger partial charge in [0.25, 0.3) is 9.03 Å². The van der Waals surface area contributed by atoms with Gasteiger partial charge in [-0.15, -0.1) is 0 Å². The molecule has 0 spiro atoms. The van der Waals surface area contributed by atoms with E-state index < -0.39 is 21.0 Å². The molecule has 0 aliphatic heterocycles. The fourth-order valence-corrected chi connectivity index (χ4v) is 0.415. The van der Waals surface area contributed by atoms with Crippen LogP contribution in [0.15, 0.2) is 0 Å². The topological polar surface area (TPSA) is 52.6 Å². The molecule has 0 unspecified atom stereocenters. The van der Waals surface area contributed by atoms with Crippen molar-refractivity contribution in [2.75, 3.05) is 0 Å². The van der Waals surface area contributed by atoms with Crippen LogP contribution in [0.25, 0.3) is 0 Å². The minimum Gasteiger partial charge on any atom is -0.409 e. The van der Waals surface area contributed by atoms with Gasteiger partial charge >= 0.3 is 11.9 Å². The Morgan fingerprint density at radius 3 is 1.67 bits per heavy atom. The van der Waals surface area contributed by atoms with E-state index in [2.05, 4.69) is 9.05 Å². The SMILES string of the molecule is CC(=O)OPOC(C)=O. The van der Waals surface area contributed by atoms with Crippen molar-refractivity contribution in [2.24, 2.45) is 0 Å². The zero-order chi connectivity index (χ0) is 7.28. The molecule has 9 heavy (non-hydrogen) atoms. The lowest BCUT2D eigenvalue weighted by molar-refractivity contribution is -0.134. The van der Waals surface area contributed by atoms with Gasteiger partial charge in [0.05, 0.1) is 0 Å². The van der Waals surface area contributed by atoms with Crippen LogP contribution in [-0.2, 0) is 18.6 Å². The van der Waals surface area contributed by atoms with Crippen molar-refractivity contribution in [3.63, 3.8) is 0 Å². The molecule has 0 bridgehead atoms. The average molecular weight is 150 g/mol. The van der Waals surface area contributed by atoms with Crippen LogP contribution in [0.2, 0.25) is 0 Å². The molecule has 0 atom stereocenters. The summed E-state index contributed by atoms with van der Waals surface area (Å²) in [6.07, 6.45) is 0. The maximum absolute atomic E-state index is 10.0. The molecular weight excluding hydrogens is 143 g/mol. The first-order chi connectivity index (χ1) is 4.13. The Kier molecular flexibility index (Phi) is 3.97. The van der Waals surface area contributed by atoms with E-state index in [1.165, 1.54) is 13.8 Å². The third kappa shape index (κ3) is 7.37. The predicted octanol–water partition coefficient (Wildman–Crippen LogP) is 0.621. The molecule has 0 aromatic carbocycles. The molecule has 0 saturated heterocycles. The molecule has 0 aliphatic rings. The van der Waals surface area contributed by atoms with E-state index in [4.69, 9.17) is 0 Å². The zero-order valence-corrected chi connectivity index (χ0v) is 6.13. The van der Waals surface area contributed by atoms with Crippen LogP contribution in [0.4, 0.5) is 0 Å². The summed E-state index contributed by atoms with van der Waals surface area (Å²) in [6, 6.07) is 0. The third-order valence-electron chi connectivity index (χ3n) is 0.371. The fourth-order valence-electron chi connectivity index (χ4n) is 0.138. The molecule has 0 heterocycles. The monoisotopic (exact) mass is 150 g/mol. The van der Waals surface area contributed by atoms with E-state index in [-0.39, 0.29) is 0 Å². The molecule has 0 saturated carbocycles. The first-order valence-electron chi connectivity index (χ1n) is 2.22. The highest BCUT2D eigenvalue weighted by Gasteiger charge is 1.94. The van der Waals surface area contributed by atoms with Crippen LogP contribution in [0.1, 0.15) is 13.8 Å². The first kappa shape index (κ1) is 8.37. The third-order valence-corrected chi connectivity index (χ3v) is 1.11. The Hall–Kier alpha value is -0.630. The molecule has 4 nitrogen and oxygen atoms in total. The minimum atomic E-state index is -0.506. The van der Waals surface area contributed by atoms with Crippen molar-refractivity contribution in [3.05, 3.63) is 0 Å². The van der Waals surface area contributed by atoms with Crippen molar-refractivity contribution >= 4 is 21.0 Å². The van der Waals surface area contributed by atoms with Crippen molar-refractivity contribution in [1.82, 2.24) is 0 Å². The summed E-state index contributed by atoms with van der Waals surface area (Å²) in [5, 5.41) is 0. The second kappa shape index (κ2) is 4.27. The first-order valence-corrected chi connectivity index (χ1v) is 3.04. The standard InChI is InChI=1S/C4H7O4P/c1-3(5)7-9-8-4(2)6/h9H,1-2H3. The van der Waals surface area contributed by atoms with Crippen LogP contribution in [0, 0.1) is 0 Å². The van der Waals surface area contributed by atoms with Crippen LogP contribution >= 0.6 is 9.03 Å². The summed E-state index contributed by atoms with van der Waals surface area (Å²) >= 11 is 0. The largest absolute Gasteiger partial charge is 0.409 e. The number of carbonyl (C=O) groups is 2. The summed E-state index contributed by atoms with van der Waals surface area (Å²) in [7, 11) is -0.506. The molecule has 0 rings (SSSR count). The van der Waals surface area contributed by atoms with Gasteiger partial charge in [-0.1, -0.05) is 0 Å². The highest BCUT2D eigenvalue weighted by atomic mass is 31.1. The quantitative estimate of drug-likeness (QED) is 0.541. The Morgan fingerprint density at radius 1 is 1.11 bits per heavy atom. The molecule has 0 N–H and O–H groups in total. The van der Waals surface area contributed by atoms with Gasteiger partial charge in [0.15, 0.2) is 0 Å². The van der Waals surface area contributed by atoms with E-state index in [1.54, 1.807) is 0 Å². The summed E-state index contributed by atoms with van der Waals surface area (Å²) in [5.74, 6) is -0.899. The zero-order valence-electron chi connectivity index (χ0n) is 5.13. The second-order valence-corrected chi connectivity index (χ2v) is 1.85. The lowest BCUT2D eigenvalue weighted by Crippen LogP contribution is -1.92. The van der Waals surface area contributed by atoms with E-state index in [9.17, 15) is 9.59 Å². The maximum Gasteiger partial charge on any atom is 0.307 e. The van der Waals surface area contributed by atoms with Crippen LogP contribution < -0.4 is 0 Å². The van der Waals surface area contributed by atoms with Gasteiger partial charge in [0, 0.05) is 13.8 Å². The maximum atomic E-state index is 10.0. The number of hydrogen-bond donors (Lipinski definition) is 0.